The van der Waals surface area contributed by atoms with E-state index in [9.17, 15) is 4.79 Å². The predicted octanol–water partition coefficient (Wildman–Crippen LogP) is 3.70. The van der Waals surface area contributed by atoms with E-state index in [0.29, 0.717) is 12.1 Å². The highest BCUT2D eigenvalue weighted by atomic mass is 32.2. The minimum Gasteiger partial charge on any atom is -0.352 e. The van der Waals surface area contributed by atoms with Crippen LogP contribution >= 0.6 is 23.5 Å². The Bertz CT molecular complexity index is 687. The summed E-state index contributed by atoms with van der Waals surface area (Å²) in [5, 5.41) is 10.5. The van der Waals surface area contributed by atoms with E-state index in [1.54, 1.807) is 0 Å². The second-order valence-electron chi connectivity index (χ2n) is 9.96. The summed E-state index contributed by atoms with van der Waals surface area (Å²) in [5.41, 5.74) is 1.37. The van der Waals surface area contributed by atoms with Crippen LogP contribution in [0.1, 0.15) is 50.5 Å². The third kappa shape index (κ3) is 8.77. The summed E-state index contributed by atoms with van der Waals surface area (Å²) < 4.78 is 0. The average Bonchev–Trinajstić information content (AvgIpc) is 3.37. The fourth-order valence-corrected chi connectivity index (χ4v) is 7.46. The van der Waals surface area contributed by atoms with Crippen LogP contribution in [0, 0.1) is 5.92 Å². The number of likely N-dealkylation sites (tertiary alicyclic amines) is 1. The number of nitrogens with zero attached hydrogens (tertiary/aromatic N) is 1. The molecule has 1 aliphatic carbocycles. The summed E-state index contributed by atoms with van der Waals surface area (Å²) in [7, 11) is 0. The summed E-state index contributed by atoms with van der Waals surface area (Å²) in [4.78, 5) is 15.8. The van der Waals surface area contributed by atoms with Crippen molar-refractivity contribution >= 4 is 29.4 Å². The summed E-state index contributed by atoms with van der Waals surface area (Å²) in [5.74, 6) is 5.32. The van der Waals surface area contributed by atoms with Crippen molar-refractivity contribution in [1.29, 1.82) is 0 Å². The second-order valence-corrected chi connectivity index (χ2v) is 12.1. The molecule has 4 rings (SSSR count). The van der Waals surface area contributed by atoms with Gasteiger partial charge in [0.05, 0.1) is 6.04 Å². The van der Waals surface area contributed by atoms with Crippen molar-refractivity contribution in [2.75, 3.05) is 42.8 Å². The molecule has 0 spiro atoms. The first-order valence-electron chi connectivity index (χ1n) is 12.9. The molecule has 2 aliphatic heterocycles. The minimum atomic E-state index is -0.0895. The minimum absolute atomic E-state index is 0.0895. The van der Waals surface area contributed by atoms with Gasteiger partial charge in [0.2, 0.25) is 5.91 Å². The van der Waals surface area contributed by atoms with Crippen LogP contribution in [0.25, 0.3) is 0 Å². The number of benzene rings is 1. The van der Waals surface area contributed by atoms with Gasteiger partial charge in [-0.25, -0.2) is 0 Å². The Kier molecular flexibility index (Phi) is 10.7. The van der Waals surface area contributed by atoms with Gasteiger partial charge in [-0.1, -0.05) is 49.6 Å². The Morgan fingerprint density at radius 2 is 1.91 bits per heavy atom. The van der Waals surface area contributed by atoms with Gasteiger partial charge < -0.3 is 16.0 Å². The molecule has 2 heterocycles. The van der Waals surface area contributed by atoms with E-state index in [4.69, 9.17) is 0 Å². The molecule has 184 valence electrons. The molecule has 0 bridgehead atoms. The Hall–Kier alpha value is -0.730. The number of thioether (sulfide) groups is 2. The highest BCUT2D eigenvalue weighted by Gasteiger charge is 2.26. The molecule has 1 aromatic rings. The molecule has 33 heavy (non-hydrogen) atoms. The van der Waals surface area contributed by atoms with Crippen molar-refractivity contribution in [2.45, 2.75) is 69.6 Å². The topological polar surface area (TPSA) is 56.4 Å². The third-order valence-corrected chi connectivity index (χ3v) is 9.55. The zero-order valence-electron chi connectivity index (χ0n) is 20.0. The van der Waals surface area contributed by atoms with E-state index in [1.807, 2.05) is 23.5 Å². The summed E-state index contributed by atoms with van der Waals surface area (Å²) in [6.07, 6.45) is 9.03. The molecule has 3 N–H and O–H groups in total. The number of piperidine rings is 1. The molecular weight excluding hydrogens is 448 g/mol. The Morgan fingerprint density at radius 1 is 1.12 bits per heavy atom. The quantitative estimate of drug-likeness (QED) is 0.440. The molecule has 5 nitrogen and oxygen atoms in total. The zero-order chi connectivity index (χ0) is 22.7. The maximum absolute atomic E-state index is 13.2. The van der Waals surface area contributed by atoms with E-state index in [1.165, 1.54) is 43.4 Å². The van der Waals surface area contributed by atoms with Crippen molar-refractivity contribution in [3.63, 3.8) is 0 Å². The van der Waals surface area contributed by atoms with Gasteiger partial charge in [-0.2, -0.15) is 11.8 Å². The fraction of sp³-hybridized carbons (Fsp3) is 0.731. The molecule has 0 aromatic heterocycles. The summed E-state index contributed by atoms with van der Waals surface area (Å²) in [6.45, 7) is 4.00. The Morgan fingerprint density at radius 3 is 2.64 bits per heavy atom. The van der Waals surface area contributed by atoms with Gasteiger partial charge in [0.1, 0.15) is 0 Å². The number of carbonyl (C=O) groups is 1. The van der Waals surface area contributed by atoms with Crippen LogP contribution in [0.2, 0.25) is 0 Å². The van der Waals surface area contributed by atoms with Crippen LogP contribution in [0.3, 0.4) is 0 Å². The smallest absolute Gasteiger partial charge is 0.238 e. The van der Waals surface area contributed by atoms with E-state index >= 15 is 0 Å². The van der Waals surface area contributed by atoms with Crippen LogP contribution in [0.4, 0.5) is 0 Å². The van der Waals surface area contributed by atoms with Crippen molar-refractivity contribution in [2.24, 2.45) is 5.92 Å². The van der Waals surface area contributed by atoms with E-state index in [-0.39, 0.29) is 11.9 Å². The average molecular weight is 491 g/mol. The summed E-state index contributed by atoms with van der Waals surface area (Å²) >= 11 is 3.93. The molecule has 7 heteroatoms. The number of rotatable bonds is 11. The zero-order valence-corrected chi connectivity index (χ0v) is 21.6. The first-order chi connectivity index (χ1) is 16.3. The fourth-order valence-electron chi connectivity index (χ4n) is 5.16. The molecule has 3 aliphatic rings. The van der Waals surface area contributed by atoms with E-state index < -0.39 is 0 Å². The van der Waals surface area contributed by atoms with Crippen LogP contribution in [0.15, 0.2) is 30.3 Å². The highest BCUT2D eigenvalue weighted by molar-refractivity contribution is 7.99. The van der Waals surface area contributed by atoms with Crippen LogP contribution in [-0.2, 0) is 11.3 Å². The molecule has 0 unspecified atom stereocenters. The van der Waals surface area contributed by atoms with Gasteiger partial charge in [0.25, 0.3) is 0 Å². The van der Waals surface area contributed by atoms with Gasteiger partial charge in [-0.3, -0.25) is 9.69 Å². The Balaban J connectivity index is 1.21. The maximum Gasteiger partial charge on any atom is 0.238 e. The molecule has 0 radical (unpaired) electrons. The lowest BCUT2D eigenvalue weighted by Gasteiger charge is -2.33. The molecule has 2 saturated heterocycles. The maximum atomic E-state index is 13.2. The Labute approximate surface area is 209 Å². The molecule has 1 amide bonds. The first kappa shape index (κ1) is 25.4. The summed E-state index contributed by atoms with van der Waals surface area (Å²) in [6, 6.07) is 11.4. The van der Waals surface area contributed by atoms with Gasteiger partial charge in [0.15, 0.2) is 0 Å². The van der Waals surface area contributed by atoms with Crippen molar-refractivity contribution in [3.8, 4) is 0 Å². The standard InChI is InChI=1S/C26H42N4OS2/c31-26(29-23-11-13-30(14-12-23)16-21-7-3-1-4-8-21)25(27-15-24-18-33-20-28-24)19-32-17-22-9-5-2-6-10-22/h1,3-4,7-8,22-25,27-28H,2,5-6,9-20H2,(H,29,31)/t24-,25+/m1/s1. The van der Waals surface area contributed by atoms with E-state index in [2.05, 4.69) is 51.2 Å². The monoisotopic (exact) mass is 490 g/mol. The number of hydrogen-bond acceptors (Lipinski definition) is 6. The van der Waals surface area contributed by atoms with Crippen molar-refractivity contribution < 1.29 is 4.79 Å². The van der Waals surface area contributed by atoms with Gasteiger partial charge >= 0.3 is 0 Å². The number of nitrogens with one attached hydrogen (secondary N) is 3. The van der Waals surface area contributed by atoms with Crippen LogP contribution < -0.4 is 16.0 Å². The second kappa shape index (κ2) is 14.0. The lowest BCUT2D eigenvalue weighted by molar-refractivity contribution is -0.123. The molecule has 3 fully saturated rings. The van der Waals surface area contributed by atoms with Crippen LogP contribution in [-0.4, -0.2) is 71.7 Å². The normalized spacial score (nSPS) is 24.1. The van der Waals surface area contributed by atoms with E-state index in [0.717, 1.165) is 62.3 Å². The molecule has 1 aromatic carbocycles. The molecular formula is C26H42N4OS2. The highest BCUT2D eigenvalue weighted by Crippen LogP contribution is 2.27. The number of amides is 1. The van der Waals surface area contributed by atoms with Crippen LogP contribution in [0.5, 0.6) is 0 Å². The number of carbonyl (C=O) groups excluding carboxylic acids is 1. The van der Waals surface area contributed by atoms with Gasteiger partial charge in [0, 0.05) is 55.6 Å². The SMILES string of the molecule is O=C(NC1CCN(Cc2ccccc2)CC1)[C@H](CSCC1CCCCC1)NC[C@@H]1CSCN1. The van der Waals surface area contributed by atoms with Crippen molar-refractivity contribution in [1.82, 2.24) is 20.9 Å². The van der Waals surface area contributed by atoms with Gasteiger partial charge in [-0.05, 0) is 42.9 Å². The van der Waals surface area contributed by atoms with Gasteiger partial charge in [-0.15, -0.1) is 11.8 Å². The molecule has 1 saturated carbocycles. The lowest BCUT2D eigenvalue weighted by atomic mass is 9.91. The number of hydrogen-bond donors (Lipinski definition) is 3. The molecule has 2 atom stereocenters. The third-order valence-electron chi connectivity index (χ3n) is 7.27. The van der Waals surface area contributed by atoms with Crippen molar-refractivity contribution in [3.05, 3.63) is 35.9 Å². The predicted molar refractivity (Wildman–Crippen MR) is 143 cm³/mol. The lowest BCUT2D eigenvalue weighted by Crippen LogP contribution is -2.53. The first-order valence-corrected chi connectivity index (χ1v) is 15.3. The largest absolute Gasteiger partial charge is 0.352 e.